The molecule has 0 aromatic carbocycles. The van der Waals surface area contributed by atoms with E-state index in [2.05, 4.69) is 11.9 Å². The van der Waals surface area contributed by atoms with Crippen LogP contribution in [0.4, 0.5) is 0 Å². The molecule has 8 nitrogen and oxygen atoms in total. The molecule has 2 aromatic rings. The molecule has 25 heavy (non-hydrogen) atoms. The van der Waals surface area contributed by atoms with Crippen LogP contribution in [0.5, 0.6) is 0 Å². The SMILES string of the molecule is Cc1sc2ncn(CC(=O)O)c(=O)c2c1S(=O)(=O)N1CCC(C)CC1. The fraction of sp³-hybridized carbons (Fsp3) is 0.533. The number of rotatable bonds is 4. The van der Waals surface area contributed by atoms with E-state index >= 15 is 0 Å². The van der Waals surface area contributed by atoms with Gasteiger partial charge in [0.15, 0.2) is 0 Å². The molecule has 0 saturated carbocycles. The van der Waals surface area contributed by atoms with Crippen molar-refractivity contribution in [1.29, 1.82) is 0 Å². The van der Waals surface area contributed by atoms with Crippen molar-refractivity contribution in [3.8, 4) is 0 Å². The van der Waals surface area contributed by atoms with E-state index in [0.717, 1.165) is 35.1 Å². The monoisotopic (exact) mass is 385 g/mol. The maximum absolute atomic E-state index is 13.1. The number of hydrogen-bond donors (Lipinski definition) is 1. The van der Waals surface area contributed by atoms with Crippen LogP contribution < -0.4 is 5.56 Å². The summed E-state index contributed by atoms with van der Waals surface area (Å²) in [5.41, 5.74) is -0.638. The van der Waals surface area contributed by atoms with Crippen molar-refractivity contribution in [3.05, 3.63) is 21.6 Å². The zero-order chi connectivity index (χ0) is 18.4. The molecule has 0 spiro atoms. The van der Waals surface area contributed by atoms with Crippen LogP contribution in [-0.4, -0.2) is 46.4 Å². The fourth-order valence-corrected chi connectivity index (χ4v) is 6.17. The van der Waals surface area contributed by atoms with Crippen LogP contribution in [-0.2, 0) is 21.4 Å². The maximum atomic E-state index is 13.1. The maximum Gasteiger partial charge on any atom is 0.323 e. The molecule has 10 heteroatoms. The Morgan fingerprint density at radius 1 is 1.40 bits per heavy atom. The van der Waals surface area contributed by atoms with Gasteiger partial charge in [0.25, 0.3) is 5.56 Å². The summed E-state index contributed by atoms with van der Waals surface area (Å²) in [5, 5.41) is 8.91. The van der Waals surface area contributed by atoms with Crippen LogP contribution in [0.1, 0.15) is 24.6 Å². The molecule has 1 fully saturated rings. The highest BCUT2D eigenvalue weighted by atomic mass is 32.2. The van der Waals surface area contributed by atoms with Crippen LogP contribution >= 0.6 is 11.3 Å². The van der Waals surface area contributed by atoms with Gasteiger partial charge in [-0.05, 0) is 25.7 Å². The summed E-state index contributed by atoms with van der Waals surface area (Å²) in [6.45, 7) is 4.02. The topological polar surface area (TPSA) is 110 Å². The molecular formula is C15H19N3O5S2. The van der Waals surface area contributed by atoms with Gasteiger partial charge in [-0.15, -0.1) is 11.3 Å². The second kappa shape index (κ2) is 6.50. The fourth-order valence-electron chi connectivity index (χ4n) is 3.04. The molecule has 3 rings (SSSR count). The number of carbonyl (C=O) groups is 1. The number of aromatic nitrogens is 2. The summed E-state index contributed by atoms with van der Waals surface area (Å²) in [5.74, 6) is -0.717. The smallest absolute Gasteiger partial charge is 0.323 e. The predicted molar refractivity (Wildman–Crippen MR) is 93.4 cm³/mol. The summed E-state index contributed by atoms with van der Waals surface area (Å²) in [6.07, 6.45) is 2.71. The van der Waals surface area contributed by atoms with Crippen LogP contribution in [0.2, 0.25) is 0 Å². The molecule has 1 saturated heterocycles. The number of carboxylic acids is 1. The van der Waals surface area contributed by atoms with Crippen molar-refractivity contribution in [1.82, 2.24) is 13.9 Å². The number of fused-ring (bicyclic) bond motifs is 1. The Bertz CT molecular complexity index is 984. The third-order valence-electron chi connectivity index (χ3n) is 4.45. The van der Waals surface area contributed by atoms with Crippen molar-refractivity contribution < 1.29 is 18.3 Å². The summed E-state index contributed by atoms with van der Waals surface area (Å²) < 4.78 is 28.6. The van der Waals surface area contributed by atoms with E-state index in [1.807, 2.05) is 0 Å². The highest BCUT2D eigenvalue weighted by molar-refractivity contribution is 7.89. The molecule has 2 aromatic heterocycles. The number of piperidine rings is 1. The van der Waals surface area contributed by atoms with Gasteiger partial charge in [0.1, 0.15) is 16.3 Å². The third kappa shape index (κ3) is 3.21. The molecule has 0 amide bonds. The number of sulfonamides is 1. The largest absolute Gasteiger partial charge is 0.480 e. The minimum atomic E-state index is -3.82. The van der Waals surface area contributed by atoms with Crippen molar-refractivity contribution in [2.24, 2.45) is 5.92 Å². The normalized spacial score (nSPS) is 17.2. The van der Waals surface area contributed by atoms with Gasteiger partial charge < -0.3 is 5.11 Å². The lowest BCUT2D eigenvalue weighted by molar-refractivity contribution is -0.137. The highest BCUT2D eigenvalue weighted by Gasteiger charge is 2.33. The zero-order valence-electron chi connectivity index (χ0n) is 13.9. The van der Waals surface area contributed by atoms with E-state index < -0.39 is 28.1 Å². The Balaban J connectivity index is 2.16. The molecule has 0 unspecified atom stereocenters. The second-order valence-electron chi connectivity index (χ2n) is 6.33. The number of carboxylic acid groups (broad SMARTS) is 1. The second-order valence-corrected chi connectivity index (χ2v) is 9.40. The first kappa shape index (κ1) is 18.0. The van der Waals surface area contributed by atoms with E-state index in [9.17, 15) is 18.0 Å². The number of thiophene rings is 1. The average Bonchev–Trinajstić information content (AvgIpc) is 2.88. The third-order valence-corrected chi connectivity index (χ3v) is 7.66. The number of aryl methyl sites for hydroxylation is 1. The van der Waals surface area contributed by atoms with Gasteiger partial charge >= 0.3 is 5.97 Å². The van der Waals surface area contributed by atoms with Gasteiger partial charge in [-0.25, -0.2) is 13.4 Å². The standard InChI is InChI=1S/C15H19N3O5S2/c1-9-3-5-18(6-4-9)25(22,23)13-10(2)24-14-12(13)15(21)17(8-16-14)7-11(19)20/h8-9H,3-7H2,1-2H3,(H,19,20). The Hall–Kier alpha value is -1.78. The van der Waals surface area contributed by atoms with Gasteiger partial charge in [0.05, 0.1) is 11.7 Å². The lowest BCUT2D eigenvalue weighted by atomic mass is 10.0. The molecule has 0 atom stereocenters. The van der Waals surface area contributed by atoms with Gasteiger partial charge in [-0.1, -0.05) is 6.92 Å². The summed E-state index contributed by atoms with van der Waals surface area (Å²) >= 11 is 1.13. The van der Waals surface area contributed by atoms with Crippen molar-refractivity contribution >= 4 is 37.5 Å². The van der Waals surface area contributed by atoms with Crippen molar-refractivity contribution in [3.63, 3.8) is 0 Å². The Morgan fingerprint density at radius 3 is 2.64 bits per heavy atom. The van der Waals surface area contributed by atoms with Crippen LogP contribution in [0.15, 0.2) is 16.0 Å². The van der Waals surface area contributed by atoms with E-state index in [1.54, 1.807) is 6.92 Å². The number of hydrogen-bond acceptors (Lipinski definition) is 6. The number of nitrogens with zero attached hydrogens (tertiary/aromatic N) is 3. The zero-order valence-corrected chi connectivity index (χ0v) is 15.6. The quantitative estimate of drug-likeness (QED) is 0.849. The predicted octanol–water partition coefficient (Wildman–Crippen LogP) is 1.27. The summed E-state index contributed by atoms with van der Waals surface area (Å²) in [7, 11) is -3.82. The average molecular weight is 385 g/mol. The first-order chi connectivity index (χ1) is 11.7. The van der Waals surface area contributed by atoms with Gasteiger partial charge in [0, 0.05) is 18.0 Å². The first-order valence-electron chi connectivity index (χ1n) is 7.92. The molecule has 0 radical (unpaired) electrons. The van der Waals surface area contributed by atoms with E-state index in [4.69, 9.17) is 5.11 Å². The molecular weight excluding hydrogens is 366 g/mol. The molecule has 0 bridgehead atoms. The minimum absolute atomic E-state index is 0.00938. The van der Waals surface area contributed by atoms with Crippen LogP contribution in [0.25, 0.3) is 10.2 Å². The summed E-state index contributed by atoms with van der Waals surface area (Å²) in [4.78, 5) is 28.4. The van der Waals surface area contributed by atoms with Gasteiger partial charge in [-0.2, -0.15) is 4.31 Å². The molecule has 3 heterocycles. The van der Waals surface area contributed by atoms with Crippen LogP contribution in [0.3, 0.4) is 0 Å². The van der Waals surface area contributed by atoms with Gasteiger partial charge in [-0.3, -0.25) is 14.2 Å². The minimum Gasteiger partial charge on any atom is -0.480 e. The molecule has 1 aliphatic rings. The first-order valence-corrected chi connectivity index (χ1v) is 10.2. The van der Waals surface area contributed by atoms with Crippen molar-refractivity contribution in [2.75, 3.05) is 13.1 Å². The Morgan fingerprint density at radius 2 is 2.04 bits per heavy atom. The Kier molecular flexibility index (Phi) is 4.69. The highest BCUT2D eigenvalue weighted by Crippen LogP contribution is 2.34. The van der Waals surface area contributed by atoms with E-state index in [1.165, 1.54) is 4.31 Å². The van der Waals surface area contributed by atoms with Crippen LogP contribution in [0, 0.1) is 12.8 Å². The number of aliphatic carboxylic acids is 1. The molecule has 1 aliphatic heterocycles. The molecule has 0 aliphatic carbocycles. The van der Waals surface area contributed by atoms with E-state index in [0.29, 0.717) is 28.7 Å². The van der Waals surface area contributed by atoms with Gasteiger partial charge in [0.2, 0.25) is 10.0 Å². The van der Waals surface area contributed by atoms with Crippen molar-refractivity contribution in [2.45, 2.75) is 38.1 Å². The Labute approximate surface area is 148 Å². The lowest BCUT2D eigenvalue weighted by Gasteiger charge is -2.29. The molecule has 1 N–H and O–H groups in total. The molecule has 136 valence electrons. The lowest BCUT2D eigenvalue weighted by Crippen LogP contribution is -2.38. The van der Waals surface area contributed by atoms with E-state index in [-0.39, 0.29) is 10.3 Å². The summed E-state index contributed by atoms with van der Waals surface area (Å²) in [6, 6.07) is 0.